The van der Waals surface area contributed by atoms with E-state index in [1.807, 2.05) is 0 Å². The van der Waals surface area contributed by atoms with Gasteiger partial charge in [-0.1, -0.05) is 6.07 Å². The van der Waals surface area contributed by atoms with Gasteiger partial charge in [-0.05, 0) is 12.1 Å². The Hall–Kier alpha value is -2.90. The van der Waals surface area contributed by atoms with Crippen molar-refractivity contribution in [2.24, 2.45) is 0 Å². The highest BCUT2D eigenvalue weighted by Crippen LogP contribution is 2.31. The monoisotopic (exact) mass is 297 g/mol. The Bertz CT molecular complexity index is 734. The Labute approximate surface area is 115 Å². The molecular weight excluding hydrogens is 291 g/mol. The van der Waals surface area contributed by atoms with Crippen molar-refractivity contribution in [2.75, 3.05) is 0 Å². The van der Waals surface area contributed by atoms with Crippen LogP contribution >= 0.6 is 0 Å². The second-order valence-corrected chi connectivity index (χ2v) is 3.86. The first kappa shape index (κ1) is 14.5. The van der Waals surface area contributed by atoms with E-state index in [-0.39, 0.29) is 12.0 Å². The summed E-state index contributed by atoms with van der Waals surface area (Å²) in [5.74, 6) is -4.47. The van der Waals surface area contributed by atoms with Crippen LogP contribution in [0.25, 0.3) is 0 Å². The van der Waals surface area contributed by atoms with Crippen molar-refractivity contribution in [3.63, 3.8) is 0 Å². The molecule has 0 spiro atoms. The van der Waals surface area contributed by atoms with Crippen molar-refractivity contribution in [2.45, 2.75) is 0 Å². The Morgan fingerprint density at radius 3 is 2.38 bits per heavy atom. The summed E-state index contributed by atoms with van der Waals surface area (Å²) in [6.45, 7) is 0. The number of halogens is 3. The van der Waals surface area contributed by atoms with Crippen molar-refractivity contribution >= 4 is 12.0 Å². The highest BCUT2D eigenvalue weighted by Gasteiger charge is 2.20. The van der Waals surface area contributed by atoms with Gasteiger partial charge in [0.15, 0.2) is 17.9 Å². The van der Waals surface area contributed by atoms with Crippen LogP contribution in [0.4, 0.5) is 18.9 Å². The summed E-state index contributed by atoms with van der Waals surface area (Å²) in [5.41, 5.74) is -1.54. The molecule has 0 aliphatic heterocycles. The van der Waals surface area contributed by atoms with Gasteiger partial charge < -0.3 is 4.74 Å². The standard InChI is InChI=1S/C13H6F3NO4/c14-8-2-1-3-12(7(8)6-18)21-13-5-9(15)11(17(19)20)4-10(13)16/h1-6H. The number of carbonyl (C=O) groups excluding carboxylic acids is 1. The highest BCUT2D eigenvalue weighted by molar-refractivity contribution is 5.79. The molecule has 108 valence electrons. The topological polar surface area (TPSA) is 69.4 Å². The Morgan fingerprint density at radius 1 is 1.05 bits per heavy atom. The Kier molecular flexibility index (Phi) is 3.88. The molecule has 0 saturated carbocycles. The van der Waals surface area contributed by atoms with Crippen LogP contribution in [0.1, 0.15) is 10.4 Å². The SMILES string of the molecule is O=Cc1c(F)cccc1Oc1cc(F)c([N+](=O)[O-])cc1F. The fourth-order valence-electron chi connectivity index (χ4n) is 1.58. The smallest absolute Gasteiger partial charge is 0.307 e. The molecule has 0 fully saturated rings. The predicted molar refractivity (Wildman–Crippen MR) is 64.9 cm³/mol. The molecule has 0 atom stereocenters. The molecule has 0 bridgehead atoms. The van der Waals surface area contributed by atoms with Gasteiger partial charge in [0.05, 0.1) is 16.6 Å². The molecule has 0 aromatic heterocycles. The van der Waals surface area contributed by atoms with E-state index in [1.165, 1.54) is 12.1 Å². The number of carbonyl (C=O) groups is 1. The van der Waals surface area contributed by atoms with Crippen LogP contribution in [0.15, 0.2) is 30.3 Å². The van der Waals surface area contributed by atoms with Gasteiger partial charge in [0.25, 0.3) is 0 Å². The molecule has 0 saturated heterocycles. The summed E-state index contributed by atoms with van der Waals surface area (Å²) in [5, 5.41) is 10.5. The third-order valence-corrected chi connectivity index (χ3v) is 2.55. The van der Waals surface area contributed by atoms with Crippen LogP contribution in [0, 0.1) is 27.6 Å². The van der Waals surface area contributed by atoms with Gasteiger partial charge in [-0.3, -0.25) is 14.9 Å². The molecular formula is C13H6F3NO4. The molecule has 0 radical (unpaired) electrons. The van der Waals surface area contributed by atoms with Crippen LogP contribution in [-0.4, -0.2) is 11.2 Å². The number of nitro groups is 1. The Balaban J connectivity index is 2.46. The first-order chi connectivity index (χ1) is 9.93. The van der Waals surface area contributed by atoms with Gasteiger partial charge in [-0.25, -0.2) is 8.78 Å². The van der Waals surface area contributed by atoms with E-state index in [4.69, 9.17) is 4.74 Å². The van der Waals surface area contributed by atoms with Crippen molar-refractivity contribution in [1.82, 2.24) is 0 Å². The highest BCUT2D eigenvalue weighted by atomic mass is 19.1. The fraction of sp³-hybridized carbons (Fsp3) is 0. The van der Waals surface area contributed by atoms with Crippen LogP contribution in [0.3, 0.4) is 0 Å². The predicted octanol–water partition coefficient (Wildman–Crippen LogP) is 3.62. The van der Waals surface area contributed by atoms with Gasteiger partial charge in [-0.15, -0.1) is 0 Å². The van der Waals surface area contributed by atoms with Crippen LogP contribution in [0.5, 0.6) is 11.5 Å². The maximum absolute atomic E-state index is 13.6. The number of benzene rings is 2. The van der Waals surface area contributed by atoms with Crippen LogP contribution in [-0.2, 0) is 0 Å². The lowest BCUT2D eigenvalue weighted by Gasteiger charge is -2.09. The van der Waals surface area contributed by atoms with E-state index in [9.17, 15) is 28.1 Å². The van der Waals surface area contributed by atoms with E-state index in [2.05, 4.69) is 0 Å². The average molecular weight is 297 g/mol. The molecule has 8 heteroatoms. The van der Waals surface area contributed by atoms with E-state index in [1.54, 1.807) is 0 Å². The number of nitro benzene ring substituents is 1. The summed E-state index contributed by atoms with van der Waals surface area (Å²) >= 11 is 0. The molecule has 21 heavy (non-hydrogen) atoms. The van der Waals surface area contributed by atoms with E-state index in [0.29, 0.717) is 12.1 Å². The Morgan fingerprint density at radius 2 is 1.76 bits per heavy atom. The third kappa shape index (κ3) is 2.83. The quantitative estimate of drug-likeness (QED) is 0.491. The lowest BCUT2D eigenvalue weighted by Crippen LogP contribution is -1.99. The summed E-state index contributed by atoms with van der Waals surface area (Å²) in [7, 11) is 0. The average Bonchev–Trinajstić information content (AvgIpc) is 2.42. The minimum Gasteiger partial charge on any atom is -0.453 e. The van der Waals surface area contributed by atoms with Crippen molar-refractivity contribution in [3.05, 3.63) is 63.5 Å². The van der Waals surface area contributed by atoms with Gasteiger partial charge in [0.1, 0.15) is 11.6 Å². The van der Waals surface area contributed by atoms with Crippen molar-refractivity contribution in [3.8, 4) is 11.5 Å². The van der Waals surface area contributed by atoms with Gasteiger partial charge in [0.2, 0.25) is 5.82 Å². The van der Waals surface area contributed by atoms with Gasteiger partial charge in [0, 0.05) is 6.07 Å². The van der Waals surface area contributed by atoms with Crippen LogP contribution in [0.2, 0.25) is 0 Å². The number of hydrogen-bond donors (Lipinski definition) is 0. The zero-order valence-corrected chi connectivity index (χ0v) is 10.2. The number of nitrogens with zero attached hydrogens (tertiary/aromatic N) is 1. The first-order valence-corrected chi connectivity index (χ1v) is 5.49. The lowest BCUT2D eigenvalue weighted by molar-refractivity contribution is -0.387. The summed E-state index contributed by atoms with van der Waals surface area (Å²) in [4.78, 5) is 20.1. The molecule has 0 aliphatic carbocycles. The zero-order valence-electron chi connectivity index (χ0n) is 10.2. The molecule has 5 nitrogen and oxygen atoms in total. The van der Waals surface area contributed by atoms with Crippen molar-refractivity contribution < 1.29 is 27.6 Å². The summed E-state index contributed by atoms with van der Waals surface area (Å²) in [6.07, 6.45) is 0.157. The number of hydrogen-bond acceptors (Lipinski definition) is 4. The van der Waals surface area contributed by atoms with Gasteiger partial charge >= 0.3 is 5.69 Å². The van der Waals surface area contributed by atoms with E-state index < -0.39 is 39.4 Å². The molecule has 0 N–H and O–H groups in total. The maximum Gasteiger partial charge on any atom is 0.307 e. The molecule has 0 heterocycles. The number of ether oxygens (including phenoxy) is 1. The first-order valence-electron chi connectivity index (χ1n) is 5.49. The minimum absolute atomic E-state index is 0.157. The molecule has 2 aromatic rings. The summed E-state index contributed by atoms with van der Waals surface area (Å²) in [6, 6.07) is 4.16. The normalized spacial score (nSPS) is 10.2. The minimum atomic E-state index is -1.32. The van der Waals surface area contributed by atoms with Crippen molar-refractivity contribution in [1.29, 1.82) is 0 Å². The molecule has 0 unspecified atom stereocenters. The van der Waals surface area contributed by atoms with E-state index in [0.717, 1.165) is 6.07 Å². The third-order valence-electron chi connectivity index (χ3n) is 2.55. The molecule has 0 amide bonds. The lowest BCUT2D eigenvalue weighted by atomic mass is 10.2. The second-order valence-electron chi connectivity index (χ2n) is 3.86. The molecule has 0 aliphatic rings. The number of rotatable bonds is 4. The fourth-order valence-corrected chi connectivity index (χ4v) is 1.58. The molecule has 2 aromatic carbocycles. The van der Waals surface area contributed by atoms with E-state index >= 15 is 0 Å². The largest absolute Gasteiger partial charge is 0.453 e. The molecule has 2 rings (SSSR count). The maximum atomic E-state index is 13.6. The zero-order chi connectivity index (χ0) is 15.6. The summed E-state index contributed by atoms with van der Waals surface area (Å²) < 4.78 is 45.3. The second kappa shape index (κ2) is 5.61. The van der Waals surface area contributed by atoms with Gasteiger partial charge in [-0.2, -0.15) is 4.39 Å². The number of aldehydes is 1. The van der Waals surface area contributed by atoms with Crippen LogP contribution < -0.4 is 4.74 Å².